The van der Waals surface area contributed by atoms with E-state index in [-0.39, 0.29) is 0 Å². The molecule has 2 rings (SSSR count). The normalized spacial score (nSPS) is 11.1. The van der Waals surface area contributed by atoms with Crippen LogP contribution in [0.2, 0.25) is 0 Å². The van der Waals surface area contributed by atoms with E-state index in [1.807, 2.05) is 12.1 Å². The van der Waals surface area contributed by atoms with Gasteiger partial charge in [0.1, 0.15) is 5.75 Å². The summed E-state index contributed by atoms with van der Waals surface area (Å²) in [6, 6.07) is 14.5. The van der Waals surface area contributed by atoms with Crippen LogP contribution in [-0.2, 0) is 12.8 Å². The van der Waals surface area contributed by atoms with Crippen LogP contribution in [0.1, 0.15) is 102 Å². The Hall–Kier alpha value is -1.76. The lowest BCUT2D eigenvalue weighted by Crippen LogP contribution is -1.99. The van der Waals surface area contributed by atoms with E-state index in [0.717, 1.165) is 24.0 Å². The van der Waals surface area contributed by atoms with E-state index in [1.165, 1.54) is 88.2 Å². The van der Waals surface area contributed by atoms with Crippen molar-refractivity contribution in [3.8, 4) is 16.9 Å². The van der Waals surface area contributed by atoms with E-state index in [2.05, 4.69) is 44.2 Å². The van der Waals surface area contributed by atoms with Gasteiger partial charge in [-0.1, -0.05) is 114 Å². The third kappa shape index (κ3) is 8.25. The van der Waals surface area contributed by atoms with Crippen LogP contribution in [0.25, 0.3) is 11.1 Å². The molecule has 0 aliphatic heterocycles. The fourth-order valence-electron chi connectivity index (χ4n) is 4.28. The third-order valence-electron chi connectivity index (χ3n) is 6.03. The van der Waals surface area contributed by atoms with Crippen LogP contribution < -0.4 is 0 Å². The number of benzene rings is 2. The largest absolute Gasteiger partial charge is 0.507 e. The number of hydrogen-bond acceptors (Lipinski definition) is 1. The highest BCUT2D eigenvalue weighted by atomic mass is 16.3. The molecule has 0 bridgehead atoms. The van der Waals surface area contributed by atoms with Gasteiger partial charge in [-0.05, 0) is 48.4 Å². The van der Waals surface area contributed by atoms with Crippen LogP contribution in [0.4, 0.5) is 0 Å². The van der Waals surface area contributed by atoms with Crippen molar-refractivity contribution in [2.75, 3.05) is 0 Å². The highest BCUT2D eigenvalue weighted by molar-refractivity contribution is 5.75. The fraction of sp³-hybridized carbons (Fsp3) is 0.571. The molecule has 0 aromatic heterocycles. The molecule has 2 aromatic carbocycles. The molecule has 0 spiro atoms. The van der Waals surface area contributed by atoms with Crippen molar-refractivity contribution in [3.05, 3.63) is 53.6 Å². The quantitative estimate of drug-likeness (QED) is 0.299. The summed E-state index contributed by atoms with van der Waals surface area (Å²) in [6.07, 6.45) is 18.2. The van der Waals surface area contributed by atoms with E-state index in [0.29, 0.717) is 5.75 Å². The first kappa shape index (κ1) is 23.5. The van der Waals surface area contributed by atoms with Gasteiger partial charge >= 0.3 is 0 Å². The summed E-state index contributed by atoms with van der Waals surface area (Å²) >= 11 is 0. The lowest BCUT2D eigenvalue weighted by atomic mass is 9.89. The molecule has 0 saturated heterocycles. The summed E-state index contributed by atoms with van der Waals surface area (Å²) in [6.45, 7) is 4.53. The summed E-state index contributed by atoms with van der Waals surface area (Å²) in [5.41, 5.74) is 5.02. The Labute approximate surface area is 179 Å². The summed E-state index contributed by atoms with van der Waals surface area (Å²) in [4.78, 5) is 0. The zero-order chi connectivity index (χ0) is 20.7. The van der Waals surface area contributed by atoms with Crippen molar-refractivity contribution in [3.63, 3.8) is 0 Å². The molecule has 2 aromatic rings. The van der Waals surface area contributed by atoms with Gasteiger partial charge in [-0.2, -0.15) is 0 Å². The first-order valence-corrected chi connectivity index (χ1v) is 12.2. The number of unbranched alkanes of at least 4 members (excludes halogenated alkanes) is 10. The molecular weight excluding hydrogens is 352 g/mol. The van der Waals surface area contributed by atoms with E-state index in [1.54, 1.807) is 0 Å². The molecule has 1 N–H and O–H groups in total. The molecule has 0 heterocycles. The molecule has 0 amide bonds. The minimum absolute atomic E-state index is 0.429. The molecule has 0 radical (unpaired) electrons. The first-order chi connectivity index (χ1) is 14.3. The van der Waals surface area contributed by atoms with E-state index >= 15 is 0 Å². The maximum atomic E-state index is 10.7. The molecular formula is C28H42O. The lowest BCUT2D eigenvalue weighted by molar-refractivity contribution is 0.476. The molecule has 0 atom stereocenters. The van der Waals surface area contributed by atoms with Crippen LogP contribution in [0.5, 0.6) is 5.75 Å². The van der Waals surface area contributed by atoms with Gasteiger partial charge in [0.2, 0.25) is 0 Å². The predicted molar refractivity (Wildman–Crippen MR) is 128 cm³/mol. The zero-order valence-corrected chi connectivity index (χ0v) is 18.9. The van der Waals surface area contributed by atoms with Gasteiger partial charge in [0.15, 0.2) is 0 Å². The standard InChI is InChI=1S/C28H42O/c1-3-5-7-8-9-10-11-12-13-17-21-26-24(18-6-4-2)22-23-27(29)28(26)25-19-15-14-16-20-25/h14-16,19-20,22-23,29H,3-13,17-18,21H2,1-2H3. The van der Waals surface area contributed by atoms with E-state index in [9.17, 15) is 5.11 Å². The fourth-order valence-corrected chi connectivity index (χ4v) is 4.28. The Morgan fingerprint density at radius 3 is 1.79 bits per heavy atom. The minimum atomic E-state index is 0.429. The molecule has 0 aliphatic rings. The number of aryl methyl sites for hydroxylation is 1. The second kappa shape index (κ2) is 14.3. The van der Waals surface area contributed by atoms with Crippen LogP contribution in [0.3, 0.4) is 0 Å². The van der Waals surface area contributed by atoms with Crippen molar-refractivity contribution in [1.29, 1.82) is 0 Å². The molecule has 1 nitrogen and oxygen atoms in total. The summed E-state index contributed by atoms with van der Waals surface area (Å²) in [7, 11) is 0. The van der Waals surface area contributed by atoms with Gasteiger partial charge < -0.3 is 5.11 Å². The Balaban J connectivity index is 1.93. The summed E-state index contributed by atoms with van der Waals surface area (Å²) in [5.74, 6) is 0.429. The van der Waals surface area contributed by atoms with Crippen LogP contribution >= 0.6 is 0 Å². The number of rotatable bonds is 15. The number of phenolic OH excluding ortho intramolecular Hbond substituents is 1. The average molecular weight is 395 g/mol. The highest BCUT2D eigenvalue weighted by Crippen LogP contribution is 2.36. The monoisotopic (exact) mass is 394 g/mol. The van der Waals surface area contributed by atoms with Gasteiger partial charge in [-0.3, -0.25) is 0 Å². The Bertz CT molecular complexity index is 674. The number of phenols is 1. The Morgan fingerprint density at radius 1 is 0.586 bits per heavy atom. The smallest absolute Gasteiger partial charge is 0.123 e. The minimum Gasteiger partial charge on any atom is -0.507 e. The molecule has 0 saturated carbocycles. The second-order valence-electron chi connectivity index (χ2n) is 8.50. The average Bonchev–Trinajstić information content (AvgIpc) is 2.75. The Morgan fingerprint density at radius 2 is 1.17 bits per heavy atom. The van der Waals surface area contributed by atoms with Gasteiger partial charge in [0, 0.05) is 5.56 Å². The van der Waals surface area contributed by atoms with Gasteiger partial charge in [0.05, 0.1) is 0 Å². The Kier molecular flexibility index (Phi) is 11.6. The van der Waals surface area contributed by atoms with Gasteiger partial charge in [-0.15, -0.1) is 0 Å². The summed E-state index contributed by atoms with van der Waals surface area (Å²) < 4.78 is 0. The van der Waals surface area contributed by atoms with Crippen molar-refractivity contribution in [2.24, 2.45) is 0 Å². The van der Waals surface area contributed by atoms with Crippen LogP contribution in [0.15, 0.2) is 42.5 Å². The van der Waals surface area contributed by atoms with Crippen molar-refractivity contribution >= 4 is 0 Å². The van der Waals surface area contributed by atoms with E-state index in [4.69, 9.17) is 0 Å². The lowest BCUT2D eigenvalue weighted by Gasteiger charge is -2.17. The van der Waals surface area contributed by atoms with Crippen molar-refractivity contribution in [2.45, 2.75) is 104 Å². The maximum Gasteiger partial charge on any atom is 0.123 e. The molecule has 0 fully saturated rings. The van der Waals surface area contributed by atoms with E-state index < -0.39 is 0 Å². The highest BCUT2D eigenvalue weighted by Gasteiger charge is 2.14. The zero-order valence-electron chi connectivity index (χ0n) is 18.9. The third-order valence-corrected chi connectivity index (χ3v) is 6.03. The van der Waals surface area contributed by atoms with Crippen LogP contribution in [0, 0.1) is 0 Å². The second-order valence-corrected chi connectivity index (χ2v) is 8.50. The predicted octanol–water partition coefficient (Wildman–Crippen LogP) is 8.87. The molecule has 1 heteroatoms. The molecule has 29 heavy (non-hydrogen) atoms. The van der Waals surface area contributed by atoms with Gasteiger partial charge in [-0.25, -0.2) is 0 Å². The SMILES string of the molecule is CCCCCCCCCCCCc1c(CCCC)ccc(O)c1-c1ccccc1. The summed E-state index contributed by atoms with van der Waals surface area (Å²) in [5, 5.41) is 10.7. The van der Waals surface area contributed by atoms with Gasteiger partial charge in [0.25, 0.3) is 0 Å². The molecule has 160 valence electrons. The topological polar surface area (TPSA) is 20.2 Å². The van der Waals surface area contributed by atoms with Crippen molar-refractivity contribution < 1.29 is 5.11 Å². The molecule has 0 aliphatic carbocycles. The number of aromatic hydroxyl groups is 1. The number of hydrogen-bond donors (Lipinski definition) is 1. The van der Waals surface area contributed by atoms with Crippen LogP contribution in [-0.4, -0.2) is 5.11 Å². The first-order valence-electron chi connectivity index (χ1n) is 12.2. The van der Waals surface area contributed by atoms with Crippen molar-refractivity contribution in [1.82, 2.24) is 0 Å². The molecule has 0 unspecified atom stereocenters. The maximum absolute atomic E-state index is 10.7.